The van der Waals surface area contributed by atoms with Gasteiger partial charge in [0, 0.05) is 25.4 Å². The van der Waals surface area contributed by atoms with Gasteiger partial charge in [-0.05, 0) is 24.6 Å². The van der Waals surface area contributed by atoms with Gasteiger partial charge in [-0.2, -0.15) is 18.3 Å². The molecule has 0 aliphatic rings. The molecule has 25 heavy (non-hydrogen) atoms. The molecule has 6 nitrogen and oxygen atoms in total. The van der Waals surface area contributed by atoms with Crippen LogP contribution in [0.3, 0.4) is 0 Å². The van der Waals surface area contributed by atoms with E-state index in [2.05, 4.69) is 25.8 Å². The van der Waals surface area contributed by atoms with Gasteiger partial charge in [0.25, 0.3) is 0 Å². The Balaban J connectivity index is 1.96. The van der Waals surface area contributed by atoms with Crippen LogP contribution in [0, 0.1) is 6.92 Å². The third kappa shape index (κ3) is 6.36. The number of alkyl halides is 3. The molecule has 0 aliphatic heterocycles. The van der Waals surface area contributed by atoms with Gasteiger partial charge < -0.3 is 15.4 Å². The number of aryl methyl sites for hydroxylation is 1. The Labute approximate surface area is 143 Å². The average molecular weight is 355 g/mol. The van der Waals surface area contributed by atoms with Crippen molar-refractivity contribution in [2.45, 2.75) is 26.2 Å². The number of nitrogens with one attached hydrogen (secondary N) is 3. The number of guanidine groups is 1. The predicted molar refractivity (Wildman–Crippen MR) is 88.4 cm³/mol. The van der Waals surface area contributed by atoms with E-state index in [0.717, 1.165) is 11.3 Å². The van der Waals surface area contributed by atoms with E-state index in [4.69, 9.17) is 4.74 Å². The molecule has 0 saturated carbocycles. The molecule has 0 radical (unpaired) electrons. The minimum absolute atomic E-state index is 0.203. The fourth-order valence-corrected chi connectivity index (χ4v) is 2.06. The zero-order valence-electron chi connectivity index (χ0n) is 13.9. The summed E-state index contributed by atoms with van der Waals surface area (Å²) in [6.45, 7) is 1.24. The molecule has 136 valence electrons. The smallest absolute Gasteiger partial charge is 0.422 e. The quantitative estimate of drug-likeness (QED) is 0.550. The minimum atomic E-state index is -4.38. The van der Waals surface area contributed by atoms with E-state index in [1.807, 2.05) is 12.1 Å². The number of aliphatic imine (C=N–C) groups is 1. The Kier molecular flexibility index (Phi) is 6.26. The van der Waals surface area contributed by atoms with E-state index < -0.39 is 12.8 Å². The van der Waals surface area contributed by atoms with Gasteiger partial charge in [-0.3, -0.25) is 10.1 Å². The number of rotatable bonds is 6. The van der Waals surface area contributed by atoms with Crippen LogP contribution < -0.4 is 15.4 Å². The summed E-state index contributed by atoms with van der Waals surface area (Å²) >= 11 is 0. The van der Waals surface area contributed by atoms with Crippen LogP contribution in [-0.4, -0.2) is 36.0 Å². The number of H-pyrrole nitrogens is 1. The van der Waals surface area contributed by atoms with Crippen LogP contribution in [0.4, 0.5) is 13.2 Å². The molecule has 2 rings (SSSR count). The summed E-state index contributed by atoms with van der Waals surface area (Å²) in [6.07, 6.45) is -2.74. The Morgan fingerprint density at radius 3 is 2.64 bits per heavy atom. The molecule has 0 saturated heterocycles. The van der Waals surface area contributed by atoms with Crippen LogP contribution in [0.1, 0.15) is 16.8 Å². The lowest BCUT2D eigenvalue weighted by Crippen LogP contribution is -2.36. The number of aromatic amines is 1. The summed E-state index contributed by atoms with van der Waals surface area (Å²) in [4.78, 5) is 4.07. The largest absolute Gasteiger partial charge is 0.484 e. The molecule has 0 atom stereocenters. The van der Waals surface area contributed by atoms with Crippen molar-refractivity contribution in [1.29, 1.82) is 0 Å². The van der Waals surface area contributed by atoms with Gasteiger partial charge in [0.1, 0.15) is 5.75 Å². The monoisotopic (exact) mass is 355 g/mol. The molecule has 0 bridgehead atoms. The van der Waals surface area contributed by atoms with Crippen LogP contribution >= 0.6 is 0 Å². The van der Waals surface area contributed by atoms with Gasteiger partial charge in [0.05, 0.1) is 12.2 Å². The summed E-state index contributed by atoms with van der Waals surface area (Å²) in [5.74, 6) is 0.714. The lowest BCUT2D eigenvalue weighted by atomic mass is 10.1. The highest BCUT2D eigenvalue weighted by Crippen LogP contribution is 2.23. The number of benzene rings is 1. The van der Waals surface area contributed by atoms with E-state index in [0.29, 0.717) is 18.1 Å². The number of hydrogen-bond acceptors (Lipinski definition) is 3. The molecule has 1 heterocycles. The van der Waals surface area contributed by atoms with Crippen LogP contribution in [0.2, 0.25) is 0 Å². The molecule has 2 aromatic rings. The highest BCUT2D eigenvalue weighted by Gasteiger charge is 2.28. The maximum absolute atomic E-state index is 12.4. The lowest BCUT2D eigenvalue weighted by Gasteiger charge is -2.16. The van der Waals surface area contributed by atoms with Crippen molar-refractivity contribution in [1.82, 2.24) is 20.8 Å². The zero-order valence-corrected chi connectivity index (χ0v) is 13.9. The Morgan fingerprint density at radius 1 is 1.24 bits per heavy atom. The van der Waals surface area contributed by atoms with Gasteiger partial charge >= 0.3 is 6.18 Å². The first-order valence-electron chi connectivity index (χ1n) is 7.59. The highest BCUT2D eigenvalue weighted by molar-refractivity contribution is 5.79. The molecule has 1 aromatic carbocycles. The second kappa shape index (κ2) is 8.41. The molecular weight excluding hydrogens is 335 g/mol. The lowest BCUT2D eigenvalue weighted by molar-refractivity contribution is -0.153. The maximum Gasteiger partial charge on any atom is 0.422 e. The second-order valence-electron chi connectivity index (χ2n) is 5.38. The highest BCUT2D eigenvalue weighted by atomic mass is 19.4. The predicted octanol–water partition coefficient (Wildman–Crippen LogP) is 2.52. The molecule has 0 aliphatic carbocycles. The number of ether oxygens (including phenoxy) is 1. The average Bonchev–Trinajstić information content (AvgIpc) is 3.07. The fraction of sp³-hybridized carbons (Fsp3) is 0.375. The van der Waals surface area contributed by atoms with Crippen LogP contribution in [0.25, 0.3) is 0 Å². The van der Waals surface area contributed by atoms with Gasteiger partial charge in [0.15, 0.2) is 12.6 Å². The topological polar surface area (TPSA) is 74.3 Å². The summed E-state index contributed by atoms with van der Waals surface area (Å²) in [5, 5.41) is 12.8. The third-order valence-corrected chi connectivity index (χ3v) is 3.29. The maximum atomic E-state index is 12.4. The van der Waals surface area contributed by atoms with Gasteiger partial charge in [-0.15, -0.1) is 0 Å². The summed E-state index contributed by atoms with van der Waals surface area (Å²) in [5.41, 5.74) is 2.31. The van der Waals surface area contributed by atoms with Gasteiger partial charge in [-0.1, -0.05) is 12.1 Å². The van der Waals surface area contributed by atoms with Crippen LogP contribution in [-0.2, 0) is 13.1 Å². The minimum Gasteiger partial charge on any atom is -0.484 e. The molecule has 0 amide bonds. The molecule has 3 N–H and O–H groups in total. The normalized spacial score (nSPS) is 12.1. The van der Waals surface area contributed by atoms with Crippen molar-refractivity contribution in [3.63, 3.8) is 0 Å². The van der Waals surface area contributed by atoms with E-state index in [-0.39, 0.29) is 12.3 Å². The zero-order chi connectivity index (χ0) is 18.3. The molecule has 0 unspecified atom stereocenters. The molecular formula is C16H20F3N5O. The van der Waals surface area contributed by atoms with Crippen LogP contribution in [0.15, 0.2) is 35.5 Å². The standard InChI is InChI=1S/C16H20F3N5O/c1-11-3-4-12(14(7-11)25-10-16(17,18)19)8-21-15(20-2)22-9-13-5-6-23-24-13/h3-7H,8-10H2,1-2H3,(H,23,24)(H2,20,21,22). The SMILES string of the molecule is CN=C(NCc1ccn[nH]1)NCc1ccc(C)cc1OCC(F)(F)F. The van der Waals surface area contributed by atoms with E-state index in [1.165, 1.54) is 0 Å². The van der Waals surface area contributed by atoms with Crippen LogP contribution in [0.5, 0.6) is 5.75 Å². The fourth-order valence-electron chi connectivity index (χ4n) is 2.06. The summed E-state index contributed by atoms with van der Waals surface area (Å²) in [6, 6.07) is 6.96. The molecule has 1 aromatic heterocycles. The first-order chi connectivity index (χ1) is 11.9. The number of halogens is 3. The van der Waals surface area contributed by atoms with Crippen molar-refractivity contribution < 1.29 is 17.9 Å². The first-order valence-corrected chi connectivity index (χ1v) is 7.59. The molecule has 0 fully saturated rings. The van der Waals surface area contributed by atoms with Crippen molar-refractivity contribution in [2.75, 3.05) is 13.7 Å². The Morgan fingerprint density at radius 2 is 2.00 bits per heavy atom. The van der Waals surface area contributed by atoms with Crippen molar-refractivity contribution >= 4 is 5.96 Å². The first kappa shape index (κ1) is 18.6. The summed E-state index contributed by atoms with van der Waals surface area (Å²) in [7, 11) is 1.61. The van der Waals surface area contributed by atoms with Crippen molar-refractivity contribution in [3.8, 4) is 5.75 Å². The Bertz CT molecular complexity index is 698. The molecule has 0 spiro atoms. The third-order valence-electron chi connectivity index (χ3n) is 3.29. The van der Waals surface area contributed by atoms with E-state index in [9.17, 15) is 13.2 Å². The molecule has 9 heteroatoms. The van der Waals surface area contributed by atoms with E-state index >= 15 is 0 Å². The van der Waals surface area contributed by atoms with Crippen molar-refractivity contribution in [3.05, 3.63) is 47.3 Å². The summed E-state index contributed by atoms with van der Waals surface area (Å²) < 4.78 is 42.1. The number of hydrogen-bond donors (Lipinski definition) is 3. The number of nitrogens with zero attached hydrogens (tertiary/aromatic N) is 2. The van der Waals surface area contributed by atoms with Crippen molar-refractivity contribution in [2.24, 2.45) is 4.99 Å². The number of aromatic nitrogens is 2. The van der Waals surface area contributed by atoms with Gasteiger partial charge in [0.2, 0.25) is 0 Å². The second-order valence-corrected chi connectivity index (χ2v) is 5.38. The Hall–Kier alpha value is -2.71. The van der Waals surface area contributed by atoms with Gasteiger partial charge in [-0.25, -0.2) is 0 Å². The van der Waals surface area contributed by atoms with E-state index in [1.54, 1.807) is 32.3 Å².